The van der Waals surface area contributed by atoms with Crippen molar-refractivity contribution in [3.8, 4) is 0 Å². The first-order valence-corrected chi connectivity index (χ1v) is 13.4. The Morgan fingerprint density at radius 1 is 0.667 bits per heavy atom. The van der Waals surface area contributed by atoms with Gasteiger partial charge in [-0.05, 0) is 45.1 Å². The van der Waals surface area contributed by atoms with E-state index in [1.54, 1.807) is 0 Å². The quantitative estimate of drug-likeness (QED) is 0.186. The Morgan fingerprint density at radius 2 is 1.06 bits per heavy atom. The minimum absolute atomic E-state index is 0.400. The highest BCUT2D eigenvalue weighted by Crippen LogP contribution is 2.13. The lowest BCUT2D eigenvalue weighted by Gasteiger charge is -2.18. The van der Waals surface area contributed by atoms with Crippen molar-refractivity contribution >= 4 is 0 Å². The molecule has 5 atom stereocenters. The van der Waals surface area contributed by atoms with Gasteiger partial charge in [-0.3, -0.25) is 0 Å². The summed E-state index contributed by atoms with van der Waals surface area (Å²) in [7, 11) is 1.99. The van der Waals surface area contributed by atoms with Crippen LogP contribution >= 0.6 is 0 Å². The molecule has 0 aromatic rings. The Balaban J connectivity index is 3.65. The van der Waals surface area contributed by atoms with Crippen LogP contribution in [0.1, 0.15) is 74.1 Å². The molecular formula is C28H57NO4. The van der Waals surface area contributed by atoms with Crippen LogP contribution in [0.5, 0.6) is 0 Å². The minimum atomic E-state index is 0.400. The number of allylic oxidation sites excluding steroid dienone is 1. The van der Waals surface area contributed by atoms with E-state index in [9.17, 15) is 0 Å². The molecular weight excluding hydrogens is 414 g/mol. The summed E-state index contributed by atoms with van der Waals surface area (Å²) in [6.45, 7) is 22.7. The first kappa shape index (κ1) is 32.5. The standard InChI is InChI=1S/C28H57NO4/c1-9-23(2)15-30-17-26(5)19-32-21-28(7)22-33-20-27(6)18-31-16-25(4)12-10-11-24(3)13-14-29-8/h13,23,25-29H,9-12,14-22H2,1-8H3/b24-13+. The second kappa shape index (κ2) is 22.0. The van der Waals surface area contributed by atoms with Gasteiger partial charge in [0.15, 0.2) is 0 Å². The molecule has 0 aliphatic rings. The molecule has 198 valence electrons. The van der Waals surface area contributed by atoms with E-state index in [1.165, 1.54) is 31.3 Å². The average Bonchev–Trinajstić information content (AvgIpc) is 2.77. The van der Waals surface area contributed by atoms with E-state index in [2.05, 4.69) is 59.9 Å². The van der Waals surface area contributed by atoms with Gasteiger partial charge < -0.3 is 24.3 Å². The van der Waals surface area contributed by atoms with Crippen LogP contribution in [-0.2, 0) is 18.9 Å². The Hall–Kier alpha value is -0.460. The fraction of sp³-hybridized carbons (Fsp3) is 0.929. The minimum Gasteiger partial charge on any atom is -0.381 e. The molecule has 0 fully saturated rings. The molecule has 0 aliphatic carbocycles. The van der Waals surface area contributed by atoms with E-state index < -0.39 is 0 Å². The number of hydrogen-bond acceptors (Lipinski definition) is 5. The first-order valence-electron chi connectivity index (χ1n) is 13.4. The number of nitrogens with one attached hydrogen (secondary N) is 1. The van der Waals surface area contributed by atoms with Crippen LogP contribution in [0.2, 0.25) is 0 Å². The van der Waals surface area contributed by atoms with Crippen LogP contribution in [-0.4, -0.2) is 66.4 Å². The molecule has 1 N–H and O–H groups in total. The summed E-state index contributed by atoms with van der Waals surface area (Å²) in [4.78, 5) is 0. The summed E-state index contributed by atoms with van der Waals surface area (Å²) in [6, 6.07) is 0. The molecule has 0 radical (unpaired) electrons. The summed E-state index contributed by atoms with van der Waals surface area (Å²) < 4.78 is 23.5. The monoisotopic (exact) mass is 471 g/mol. The normalized spacial score (nSPS) is 17.0. The van der Waals surface area contributed by atoms with Crippen molar-refractivity contribution in [3.63, 3.8) is 0 Å². The fourth-order valence-corrected chi connectivity index (χ4v) is 3.33. The van der Waals surface area contributed by atoms with Gasteiger partial charge in [0.05, 0.1) is 39.6 Å². The lowest BCUT2D eigenvalue weighted by atomic mass is 10.0. The average molecular weight is 472 g/mol. The largest absolute Gasteiger partial charge is 0.381 e. The van der Waals surface area contributed by atoms with Crippen LogP contribution in [0.3, 0.4) is 0 Å². The Labute approximate surface area is 206 Å². The molecule has 0 aliphatic heterocycles. The summed E-state index contributed by atoms with van der Waals surface area (Å²) >= 11 is 0. The van der Waals surface area contributed by atoms with Crippen LogP contribution in [0.15, 0.2) is 11.6 Å². The van der Waals surface area contributed by atoms with Gasteiger partial charge in [0, 0.05) is 37.5 Å². The van der Waals surface area contributed by atoms with Crippen LogP contribution < -0.4 is 5.32 Å². The second-order valence-corrected chi connectivity index (χ2v) is 10.6. The third-order valence-electron chi connectivity index (χ3n) is 5.84. The van der Waals surface area contributed by atoms with E-state index in [0.29, 0.717) is 29.6 Å². The molecule has 0 amide bonds. The summed E-state index contributed by atoms with van der Waals surface area (Å²) in [5, 5.41) is 3.16. The smallest absolute Gasteiger partial charge is 0.0513 e. The van der Waals surface area contributed by atoms with Gasteiger partial charge in [0.25, 0.3) is 0 Å². The van der Waals surface area contributed by atoms with Crippen molar-refractivity contribution in [3.05, 3.63) is 11.6 Å². The molecule has 0 saturated heterocycles. The SMILES string of the molecule is CCC(C)COCC(C)COCC(C)COCC(C)COCC(C)CCC/C(C)=C/CNC. The molecule has 0 saturated carbocycles. The van der Waals surface area contributed by atoms with Gasteiger partial charge in [-0.15, -0.1) is 0 Å². The molecule has 33 heavy (non-hydrogen) atoms. The summed E-state index contributed by atoms with van der Waals surface area (Å²) in [5.41, 5.74) is 1.48. The molecule has 0 aromatic heterocycles. The second-order valence-electron chi connectivity index (χ2n) is 10.6. The highest BCUT2D eigenvalue weighted by Gasteiger charge is 2.10. The molecule has 0 heterocycles. The lowest BCUT2D eigenvalue weighted by molar-refractivity contribution is -0.00410. The summed E-state index contributed by atoms with van der Waals surface area (Å²) in [6.07, 6.45) is 7.08. The molecule has 0 spiro atoms. The van der Waals surface area contributed by atoms with E-state index in [-0.39, 0.29) is 0 Å². The molecule has 5 unspecified atom stereocenters. The Morgan fingerprint density at radius 3 is 1.45 bits per heavy atom. The zero-order valence-corrected chi connectivity index (χ0v) is 23.3. The molecule has 5 nitrogen and oxygen atoms in total. The predicted octanol–water partition coefficient (Wildman–Crippen LogP) is 5.98. The Bertz CT molecular complexity index is 457. The van der Waals surface area contributed by atoms with Crippen molar-refractivity contribution in [1.82, 2.24) is 5.32 Å². The van der Waals surface area contributed by atoms with E-state index >= 15 is 0 Å². The van der Waals surface area contributed by atoms with Gasteiger partial charge in [-0.25, -0.2) is 0 Å². The highest BCUT2D eigenvalue weighted by molar-refractivity contribution is 4.98. The maximum atomic E-state index is 5.94. The fourth-order valence-electron chi connectivity index (χ4n) is 3.33. The van der Waals surface area contributed by atoms with Crippen LogP contribution in [0, 0.1) is 29.6 Å². The Kier molecular flexibility index (Phi) is 21.7. The number of ether oxygens (including phenoxy) is 4. The molecule has 0 aromatic carbocycles. The number of hydrogen-bond donors (Lipinski definition) is 1. The topological polar surface area (TPSA) is 49.0 Å². The maximum Gasteiger partial charge on any atom is 0.0513 e. The van der Waals surface area contributed by atoms with Crippen molar-refractivity contribution in [2.45, 2.75) is 74.1 Å². The molecule has 0 rings (SSSR count). The third-order valence-corrected chi connectivity index (χ3v) is 5.84. The number of likely N-dealkylation sites (N-methyl/N-ethyl adjacent to an activating group) is 1. The van der Waals surface area contributed by atoms with Gasteiger partial charge in [0.2, 0.25) is 0 Å². The van der Waals surface area contributed by atoms with E-state index in [1.807, 2.05) is 7.05 Å². The van der Waals surface area contributed by atoms with Crippen LogP contribution in [0.4, 0.5) is 0 Å². The van der Waals surface area contributed by atoms with Crippen LogP contribution in [0.25, 0.3) is 0 Å². The van der Waals surface area contributed by atoms with Gasteiger partial charge in [-0.2, -0.15) is 0 Å². The van der Waals surface area contributed by atoms with Crippen molar-refractivity contribution in [1.29, 1.82) is 0 Å². The highest BCUT2D eigenvalue weighted by atomic mass is 16.5. The summed E-state index contributed by atoms with van der Waals surface area (Å²) in [5.74, 6) is 2.49. The van der Waals surface area contributed by atoms with E-state index in [0.717, 1.165) is 59.4 Å². The third kappa shape index (κ3) is 21.8. The van der Waals surface area contributed by atoms with E-state index in [4.69, 9.17) is 18.9 Å². The maximum absolute atomic E-state index is 5.94. The molecule has 0 bridgehead atoms. The van der Waals surface area contributed by atoms with Crippen molar-refractivity contribution < 1.29 is 18.9 Å². The van der Waals surface area contributed by atoms with Gasteiger partial charge >= 0.3 is 0 Å². The lowest BCUT2D eigenvalue weighted by Crippen LogP contribution is -2.21. The van der Waals surface area contributed by atoms with Gasteiger partial charge in [0.1, 0.15) is 0 Å². The first-order chi connectivity index (χ1) is 15.8. The number of rotatable bonds is 23. The molecule has 5 heteroatoms. The van der Waals surface area contributed by atoms with Gasteiger partial charge in [-0.1, -0.05) is 59.6 Å². The van der Waals surface area contributed by atoms with Crippen molar-refractivity contribution in [2.75, 3.05) is 66.4 Å². The zero-order valence-electron chi connectivity index (χ0n) is 23.3. The zero-order chi connectivity index (χ0) is 24.9. The predicted molar refractivity (Wildman–Crippen MR) is 141 cm³/mol. The van der Waals surface area contributed by atoms with Crippen molar-refractivity contribution in [2.24, 2.45) is 29.6 Å².